The van der Waals surface area contributed by atoms with Crippen molar-refractivity contribution in [2.45, 2.75) is 13.0 Å². The van der Waals surface area contributed by atoms with Crippen LogP contribution < -0.4 is 5.73 Å². The Morgan fingerprint density at radius 1 is 1.27 bits per heavy atom. The van der Waals surface area contributed by atoms with Crippen molar-refractivity contribution in [3.63, 3.8) is 0 Å². The van der Waals surface area contributed by atoms with Crippen molar-refractivity contribution in [1.82, 2.24) is 4.90 Å². The van der Waals surface area contributed by atoms with Gasteiger partial charge in [-0.3, -0.25) is 4.90 Å². The molecule has 0 aliphatic heterocycles. The van der Waals surface area contributed by atoms with Crippen molar-refractivity contribution in [3.05, 3.63) is 59.5 Å². The molecule has 2 aromatic rings. The molecule has 0 fully saturated rings. The zero-order chi connectivity index (χ0) is 15.8. The Balaban J connectivity index is 1.93. The number of carbonyl (C=O) groups excluding carboxylic acids is 1. The molecular formula is C17H22N2O3. The van der Waals surface area contributed by atoms with Gasteiger partial charge in [-0.15, -0.1) is 0 Å². The number of nitrogens with zero attached hydrogens (tertiary/aromatic N) is 1. The molecule has 0 aliphatic carbocycles. The summed E-state index contributed by atoms with van der Waals surface area (Å²) in [7, 11) is 1.36. The number of rotatable bonds is 8. The molecule has 5 nitrogen and oxygen atoms in total. The summed E-state index contributed by atoms with van der Waals surface area (Å²) in [5, 5.41) is 0. The molecule has 5 heteroatoms. The van der Waals surface area contributed by atoms with E-state index in [0.29, 0.717) is 18.7 Å². The first kappa shape index (κ1) is 16.3. The fraction of sp³-hybridized carbons (Fsp3) is 0.353. The van der Waals surface area contributed by atoms with Crippen LogP contribution in [-0.2, 0) is 17.7 Å². The molecule has 1 aromatic carbocycles. The average Bonchev–Trinajstić information content (AvgIpc) is 3.01. The van der Waals surface area contributed by atoms with E-state index in [1.807, 2.05) is 18.2 Å². The number of methoxy groups -OCH3 is 1. The van der Waals surface area contributed by atoms with E-state index in [1.54, 1.807) is 6.07 Å². The Morgan fingerprint density at radius 2 is 2.05 bits per heavy atom. The van der Waals surface area contributed by atoms with Gasteiger partial charge in [-0.05, 0) is 18.1 Å². The lowest BCUT2D eigenvalue weighted by atomic mass is 10.1. The number of benzene rings is 1. The molecule has 22 heavy (non-hydrogen) atoms. The third-order valence-corrected chi connectivity index (χ3v) is 3.46. The van der Waals surface area contributed by atoms with Crippen molar-refractivity contribution in [3.8, 4) is 0 Å². The van der Waals surface area contributed by atoms with E-state index in [2.05, 4.69) is 21.8 Å². The van der Waals surface area contributed by atoms with Gasteiger partial charge < -0.3 is 14.9 Å². The van der Waals surface area contributed by atoms with Crippen LogP contribution in [0.2, 0.25) is 0 Å². The first-order chi connectivity index (χ1) is 10.7. The molecule has 0 saturated carbocycles. The van der Waals surface area contributed by atoms with Crippen LogP contribution in [0.4, 0.5) is 0 Å². The maximum absolute atomic E-state index is 11.4. The highest BCUT2D eigenvalue weighted by Gasteiger charge is 2.13. The van der Waals surface area contributed by atoms with Crippen LogP contribution in [0.3, 0.4) is 0 Å². The summed E-state index contributed by atoms with van der Waals surface area (Å²) < 4.78 is 10.1. The molecular weight excluding hydrogens is 280 g/mol. The average molecular weight is 302 g/mol. The number of esters is 1. The Hall–Kier alpha value is -2.11. The number of ether oxygens (including phenoxy) is 1. The third kappa shape index (κ3) is 4.72. The van der Waals surface area contributed by atoms with Crippen molar-refractivity contribution < 1.29 is 13.9 Å². The molecule has 1 aromatic heterocycles. The summed E-state index contributed by atoms with van der Waals surface area (Å²) in [4.78, 5) is 13.6. The molecule has 118 valence electrons. The van der Waals surface area contributed by atoms with Gasteiger partial charge in [0, 0.05) is 19.6 Å². The van der Waals surface area contributed by atoms with Crippen LogP contribution in [0, 0.1) is 0 Å². The molecule has 2 rings (SSSR count). The Morgan fingerprint density at radius 3 is 2.73 bits per heavy atom. The summed E-state index contributed by atoms with van der Waals surface area (Å²) in [6, 6.07) is 12.0. The standard InChI is InChI=1S/C17H22N2O3/c1-21-17(20)15-11-16(22-13-15)12-19(10-8-18)9-7-14-5-3-2-4-6-14/h2-6,11,13H,7-10,12,18H2,1H3. The third-order valence-electron chi connectivity index (χ3n) is 3.46. The highest BCUT2D eigenvalue weighted by molar-refractivity contribution is 5.88. The van der Waals surface area contributed by atoms with Crippen LogP contribution in [0.15, 0.2) is 47.1 Å². The minimum absolute atomic E-state index is 0.385. The summed E-state index contributed by atoms with van der Waals surface area (Å²) in [5.41, 5.74) is 7.41. The van der Waals surface area contributed by atoms with Crippen molar-refractivity contribution in [1.29, 1.82) is 0 Å². The van der Waals surface area contributed by atoms with Crippen LogP contribution in [0.5, 0.6) is 0 Å². The van der Waals surface area contributed by atoms with Gasteiger partial charge in [0.1, 0.15) is 12.0 Å². The molecule has 0 atom stereocenters. The van der Waals surface area contributed by atoms with Gasteiger partial charge in [0.05, 0.1) is 19.2 Å². The van der Waals surface area contributed by atoms with Gasteiger partial charge in [0.25, 0.3) is 0 Å². The molecule has 0 saturated heterocycles. The second kappa shape index (κ2) is 8.36. The highest BCUT2D eigenvalue weighted by Crippen LogP contribution is 2.12. The van der Waals surface area contributed by atoms with E-state index in [-0.39, 0.29) is 5.97 Å². The zero-order valence-corrected chi connectivity index (χ0v) is 12.8. The first-order valence-corrected chi connectivity index (χ1v) is 7.35. The van der Waals surface area contributed by atoms with Crippen LogP contribution in [-0.4, -0.2) is 37.6 Å². The minimum atomic E-state index is -0.385. The quantitative estimate of drug-likeness (QED) is 0.756. The van der Waals surface area contributed by atoms with E-state index >= 15 is 0 Å². The number of hydrogen-bond acceptors (Lipinski definition) is 5. The van der Waals surface area contributed by atoms with E-state index in [1.165, 1.54) is 18.9 Å². The zero-order valence-electron chi connectivity index (χ0n) is 12.8. The molecule has 0 spiro atoms. The molecule has 0 unspecified atom stereocenters. The summed E-state index contributed by atoms with van der Waals surface area (Å²) in [5.74, 6) is 0.353. The summed E-state index contributed by atoms with van der Waals surface area (Å²) >= 11 is 0. The number of hydrogen-bond donors (Lipinski definition) is 1. The fourth-order valence-corrected chi connectivity index (χ4v) is 2.29. The van der Waals surface area contributed by atoms with Crippen molar-refractivity contribution in [2.24, 2.45) is 5.73 Å². The Bertz CT molecular complexity index is 581. The van der Waals surface area contributed by atoms with Gasteiger partial charge >= 0.3 is 5.97 Å². The normalized spacial score (nSPS) is 10.9. The molecule has 1 heterocycles. The minimum Gasteiger partial charge on any atom is -0.467 e. The molecule has 0 aliphatic rings. The fourth-order valence-electron chi connectivity index (χ4n) is 2.29. The molecule has 2 N–H and O–H groups in total. The SMILES string of the molecule is COC(=O)c1coc(CN(CCN)CCc2ccccc2)c1. The molecule has 0 bridgehead atoms. The maximum Gasteiger partial charge on any atom is 0.341 e. The van der Waals surface area contributed by atoms with Gasteiger partial charge in [0.2, 0.25) is 0 Å². The molecule has 0 amide bonds. The predicted octanol–water partition coefficient (Wildman–Crippen LogP) is 2.07. The number of carbonyl (C=O) groups is 1. The van der Waals surface area contributed by atoms with Crippen molar-refractivity contribution >= 4 is 5.97 Å². The van der Waals surface area contributed by atoms with E-state index in [0.717, 1.165) is 25.3 Å². The van der Waals surface area contributed by atoms with E-state index in [4.69, 9.17) is 10.2 Å². The highest BCUT2D eigenvalue weighted by atomic mass is 16.5. The van der Waals surface area contributed by atoms with E-state index < -0.39 is 0 Å². The lowest BCUT2D eigenvalue weighted by molar-refractivity contribution is 0.0600. The summed E-state index contributed by atoms with van der Waals surface area (Å²) in [6.07, 6.45) is 2.38. The Kier molecular flexibility index (Phi) is 6.18. The second-order valence-corrected chi connectivity index (χ2v) is 5.09. The van der Waals surface area contributed by atoms with Gasteiger partial charge in [-0.25, -0.2) is 4.79 Å². The lowest BCUT2D eigenvalue weighted by Gasteiger charge is -2.20. The van der Waals surface area contributed by atoms with Crippen LogP contribution >= 0.6 is 0 Å². The maximum atomic E-state index is 11.4. The van der Waals surface area contributed by atoms with Gasteiger partial charge in [0.15, 0.2) is 0 Å². The van der Waals surface area contributed by atoms with Crippen LogP contribution in [0.25, 0.3) is 0 Å². The number of furan rings is 1. The largest absolute Gasteiger partial charge is 0.467 e. The monoisotopic (exact) mass is 302 g/mol. The van der Waals surface area contributed by atoms with Gasteiger partial charge in [-0.1, -0.05) is 30.3 Å². The second-order valence-electron chi connectivity index (χ2n) is 5.09. The summed E-state index contributed by atoms with van der Waals surface area (Å²) in [6.45, 7) is 2.87. The van der Waals surface area contributed by atoms with Crippen LogP contribution in [0.1, 0.15) is 21.7 Å². The smallest absolute Gasteiger partial charge is 0.341 e. The molecule has 0 radical (unpaired) electrons. The van der Waals surface area contributed by atoms with Gasteiger partial charge in [-0.2, -0.15) is 0 Å². The van der Waals surface area contributed by atoms with E-state index in [9.17, 15) is 4.79 Å². The first-order valence-electron chi connectivity index (χ1n) is 7.35. The number of nitrogens with two attached hydrogens (primary N) is 1. The Labute approximate surface area is 130 Å². The van der Waals surface area contributed by atoms with Crippen molar-refractivity contribution in [2.75, 3.05) is 26.7 Å². The topological polar surface area (TPSA) is 68.7 Å². The lowest BCUT2D eigenvalue weighted by Crippen LogP contribution is -2.30. The predicted molar refractivity (Wildman–Crippen MR) is 84.5 cm³/mol.